The first-order chi connectivity index (χ1) is 9.67. The highest BCUT2D eigenvalue weighted by Gasteiger charge is 2.13. The van der Waals surface area contributed by atoms with Crippen LogP contribution in [0.4, 0.5) is 0 Å². The van der Waals surface area contributed by atoms with Crippen molar-refractivity contribution in [2.45, 2.75) is 13.8 Å². The van der Waals surface area contributed by atoms with E-state index in [2.05, 4.69) is 24.1 Å². The van der Waals surface area contributed by atoms with Crippen molar-refractivity contribution in [3.05, 3.63) is 36.0 Å². The number of benzene rings is 1. The van der Waals surface area contributed by atoms with Crippen LogP contribution in [0.1, 0.15) is 24.2 Å². The zero-order valence-electron chi connectivity index (χ0n) is 12.5. The molecule has 0 saturated heterocycles. The zero-order chi connectivity index (χ0) is 14.5. The van der Waals surface area contributed by atoms with E-state index in [1.54, 1.807) is 0 Å². The summed E-state index contributed by atoms with van der Waals surface area (Å²) in [6, 6.07) is 7.98. The first-order valence-electron chi connectivity index (χ1n) is 7.22. The maximum absolute atomic E-state index is 12.3. The van der Waals surface area contributed by atoms with Crippen LogP contribution in [0.5, 0.6) is 0 Å². The predicted molar refractivity (Wildman–Crippen MR) is 83.0 cm³/mol. The van der Waals surface area contributed by atoms with Gasteiger partial charge >= 0.3 is 0 Å². The number of hydrogen-bond acceptors (Lipinski definition) is 2. The van der Waals surface area contributed by atoms with Crippen LogP contribution in [0.15, 0.2) is 30.5 Å². The Morgan fingerprint density at radius 3 is 2.65 bits per heavy atom. The highest BCUT2D eigenvalue weighted by atomic mass is 16.1. The minimum Gasteiger partial charge on any atom is -0.351 e. The van der Waals surface area contributed by atoms with Gasteiger partial charge in [-0.15, -0.1) is 0 Å². The van der Waals surface area contributed by atoms with E-state index in [4.69, 9.17) is 0 Å². The Balaban J connectivity index is 2.05. The van der Waals surface area contributed by atoms with Gasteiger partial charge in [-0.2, -0.15) is 0 Å². The molecule has 0 aliphatic rings. The maximum atomic E-state index is 12.3. The molecule has 0 aliphatic carbocycles. The van der Waals surface area contributed by atoms with E-state index in [-0.39, 0.29) is 5.91 Å². The number of carbonyl (C=O) groups is 1. The van der Waals surface area contributed by atoms with Crippen LogP contribution >= 0.6 is 0 Å². The highest BCUT2D eigenvalue weighted by molar-refractivity contribution is 6.06. The van der Waals surface area contributed by atoms with Crippen molar-refractivity contribution >= 4 is 16.8 Å². The van der Waals surface area contributed by atoms with E-state index in [9.17, 15) is 4.79 Å². The van der Waals surface area contributed by atoms with Gasteiger partial charge in [-0.05, 0) is 19.2 Å². The lowest BCUT2D eigenvalue weighted by atomic mass is 10.1. The van der Waals surface area contributed by atoms with Crippen LogP contribution in [-0.2, 0) is 7.05 Å². The van der Waals surface area contributed by atoms with Crippen LogP contribution in [0, 0.1) is 0 Å². The fourth-order valence-corrected chi connectivity index (χ4v) is 2.49. The third-order valence-electron chi connectivity index (χ3n) is 3.75. The molecular weight excluding hydrogens is 250 g/mol. The van der Waals surface area contributed by atoms with E-state index in [1.165, 1.54) is 0 Å². The van der Waals surface area contributed by atoms with Gasteiger partial charge in [0.15, 0.2) is 0 Å². The summed E-state index contributed by atoms with van der Waals surface area (Å²) in [6.45, 7) is 7.88. The monoisotopic (exact) mass is 273 g/mol. The Labute approximate surface area is 120 Å². The number of nitrogens with zero attached hydrogens (tertiary/aromatic N) is 2. The molecule has 4 heteroatoms. The highest BCUT2D eigenvalue weighted by Crippen LogP contribution is 2.19. The summed E-state index contributed by atoms with van der Waals surface area (Å²) in [5, 5.41) is 4.02. The summed E-state index contributed by atoms with van der Waals surface area (Å²) in [4.78, 5) is 14.6. The number of hydrogen-bond donors (Lipinski definition) is 1. The van der Waals surface area contributed by atoms with Crippen LogP contribution in [0.25, 0.3) is 10.9 Å². The third kappa shape index (κ3) is 3.02. The molecule has 0 unspecified atom stereocenters. The second-order valence-electron chi connectivity index (χ2n) is 4.95. The molecule has 1 aromatic carbocycles. The minimum absolute atomic E-state index is 0.00829. The van der Waals surface area contributed by atoms with E-state index < -0.39 is 0 Å². The van der Waals surface area contributed by atoms with Crippen LogP contribution in [0.2, 0.25) is 0 Å². The molecule has 1 N–H and O–H groups in total. The average molecular weight is 273 g/mol. The Kier molecular flexibility index (Phi) is 4.79. The number of para-hydroxylation sites is 1. The van der Waals surface area contributed by atoms with Crippen molar-refractivity contribution in [2.75, 3.05) is 26.2 Å². The van der Waals surface area contributed by atoms with Crippen LogP contribution in [-0.4, -0.2) is 41.6 Å². The third-order valence-corrected chi connectivity index (χ3v) is 3.75. The molecule has 0 atom stereocenters. The minimum atomic E-state index is 0.00829. The summed E-state index contributed by atoms with van der Waals surface area (Å²) in [5.41, 5.74) is 1.84. The number of rotatable bonds is 6. The van der Waals surface area contributed by atoms with Gasteiger partial charge in [-0.1, -0.05) is 32.0 Å². The standard InChI is InChI=1S/C16H23N3O/c1-4-19(5-2)11-10-17-16(20)14-12-18(3)15-9-7-6-8-13(14)15/h6-9,12H,4-5,10-11H2,1-3H3,(H,17,20). The molecule has 1 aromatic heterocycles. The number of fused-ring (bicyclic) bond motifs is 1. The van der Waals surface area contributed by atoms with Gasteiger partial charge in [0.25, 0.3) is 5.91 Å². The largest absolute Gasteiger partial charge is 0.351 e. The Morgan fingerprint density at radius 2 is 1.95 bits per heavy atom. The fraction of sp³-hybridized carbons (Fsp3) is 0.438. The first-order valence-corrected chi connectivity index (χ1v) is 7.22. The molecule has 0 radical (unpaired) electrons. The van der Waals surface area contributed by atoms with E-state index in [0.29, 0.717) is 6.54 Å². The number of aromatic nitrogens is 1. The van der Waals surface area contributed by atoms with Gasteiger partial charge < -0.3 is 14.8 Å². The predicted octanol–water partition coefficient (Wildman–Crippen LogP) is 2.25. The van der Waals surface area contributed by atoms with Gasteiger partial charge in [0.2, 0.25) is 0 Å². The number of amides is 1. The number of carbonyl (C=O) groups excluding carboxylic acids is 1. The van der Waals surface area contributed by atoms with E-state index >= 15 is 0 Å². The van der Waals surface area contributed by atoms with Crippen molar-refractivity contribution in [2.24, 2.45) is 7.05 Å². The molecule has 108 valence electrons. The lowest BCUT2D eigenvalue weighted by molar-refractivity contribution is 0.0950. The Bertz CT molecular complexity index is 584. The van der Waals surface area contributed by atoms with E-state index in [1.807, 2.05) is 42.1 Å². The Morgan fingerprint density at radius 1 is 1.25 bits per heavy atom. The summed E-state index contributed by atoms with van der Waals surface area (Å²) < 4.78 is 1.99. The molecule has 1 amide bonds. The molecule has 0 saturated carbocycles. The molecular formula is C16H23N3O. The van der Waals surface area contributed by atoms with Crippen molar-refractivity contribution < 1.29 is 4.79 Å². The lowest BCUT2D eigenvalue weighted by Crippen LogP contribution is -2.34. The normalized spacial score (nSPS) is 11.2. The van der Waals surface area contributed by atoms with Gasteiger partial charge in [0, 0.05) is 37.2 Å². The lowest BCUT2D eigenvalue weighted by Gasteiger charge is -2.17. The maximum Gasteiger partial charge on any atom is 0.253 e. The number of aryl methyl sites for hydroxylation is 1. The molecule has 0 spiro atoms. The average Bonchev–Trinajstić information content (AvgIpc) is 2.81. The van der Waals surface area contributed by atoms with Gasteiger partial charge in [0.05, 0.1) is 5.56 Å². The summed E-state index contributed by atoms with van der Waals surface area (Å²) in [5.74, 6) is 0.00829. The Hall–Kier alpha value is -1.81. The first kappa shape index (κ1) is 14.6. The molecule has 20 heavy (non-hydrogen) atoms. The van der Waals surface area contributed by atoms with Crippen molar-refractivity contribution in [1.29, 1.82) is 0 Å². The summed E-state index contributed by atoms with van der Waals surface area (Å²) in [6.07, 6.45) is 1.90. The smallest absolute Gasteiger partial charge is 0.253 e. The molecule has 1 heterocycles. The van der Waals surface area contributed by atoms with Gasteiger partial charge in [-0.3, -0.25) is 4.79 Å². The molecule has 4 nitrogen and oxygen atoms in total. The number of nitrogens with one attached hydrogen (secondary N) is 1. The van der Waals surface area contributed by atoms with Crippen LogP contribution in [0.3, 0.4) is 0 Å². The molecule has 2 aromatic rings. The molecule has 0 fully saturated rings. The fourth-order valence-electron chi connectivity index (χ4n) is 2.49. The molecule has 0 bridgehead atoms. The summed E-state index contributed by atoms with van der Waals surface area (Å²) >= 11 is 0. The second kappa shape index (κ2) is 6.57. The summed E-state index contributed by atoms with van der Waals surface area (Å²) in [7, 11) is 1.97. The number of likely N-dealkylation sites (N-methyl/N-ethyl adjacent to an activating group) is 1. The molecule has 0 aliphatic heterocycles. The van der Waals surface area contributed by atoms with Gasteiger partial charge in [-0.25, -0.2) is 0 Å². The second-order valence-corrected chi connectivity index (χ2v) is 4.95. The van der Waals surface area contributed by atoms with Crippen molar-refractivity contribution in [3.8, 4) is 0 Å². The van der Waals surface area contributed by atoms with Crippen LogP contribution < -0.4 is 5.32 Å². The van der Waals surface area contributed by atoms with Crippen molar-refractivity contribution in [3.63, 3.8) is 0 Å². The quantitative estimate of drug-likeness (QED) is 0.876. The SMILES string of the molecule is CCN(CC)CCNC(=O)c1cn(C)c2ccccc12. The van der Waals surface area contributed by atoms with Gasteiger partial charge in [0.1, 0.15) is 0 Å². The topological polar surface area (TPSA) is 37.3 Å². The zero-order valence-corrected chi connectivity index (χ0v) is 12.5. The van der Waals surface area contributed by atoms with E-state index in [0.717, 1.165) is 36.1 Å². The van der Waals surface area contributed by atoms with Crippen molar-refractivity contribution in [1.82, 2.24) is 14.8 Å². The molecule has 2 rings (SSSR count).